The predicted molar refractivity (Wildman–Crippen MR) is 72.5 cm³/mol. The van der Waals surface area contributed by atoms with E-state index >= 15 is 0 Å². The van der Waals surface area contributed by atoms with Crippen molar-refractivity contribution in [2.45, 2.75) is 4.90 Å². The lowest BCUT2D eigenvalue weighted by Crippen LogP contribution is -2.16. The van der Waals surface area contributed by atoms with Gasteiger partial charge in [-0.2, -0.15) is 0 Å². The molecule has 0 aromatic heterocycles. The molecule has 0 saturated carbocycles. The highest BCUT2D eigenvalue weighted by atomic mass is 32.2. The molecule has 2 nitrogen and oxygen atoms in total. The van der Waals surface area contributed by atoms with Gasteiger partial charge in [0, 0.05) is 4.90 Å². The quantitative estimate of drug-likeness (QED) is 0.862. The molecule has 98 valence electrons. The number of thioether (sulfide) groups is 1. The van der Waals surface area contributed by atoms with Crippen LogP contribution in [0.1, 0.15) is 10.4 Å². The van der Waals surface area contributed by atoms with Crippen molar-refractivity contribution in [3.8, 4) is 0 Å². The Morgan fingerprint density at radius 3 is 2.32 bits per heavy atom. The van der Waals surface area contributed by atoms with Crippen LogP contribution in [0, 0.1) is 11.6 Å². The molecule has 2 rings (SSSR count). The van der Waals surface area contributed by atoms with Gasteiger partial charge in [-0.25, -0.2) is 8.78 Å². The highest BCUT2D eigenvalue weighted by molar-refractivity contribution is 7.98. The van der Waals surface area contributed by atoms with Gasteiger partial charge in [-0.3, -0.25) is 4.79 Å². The average Bonchev–Trinajstić information content (AvgIpc) is 2.39. The lowest BCUT2D eigenvalue weighted by molar-refractivity contribution is 0.101. The fourth-order valence-corrected chi connectivity index (χ4v) is 2.20. The maximum absolute atomic E-state index is 13.5. The van der Waals surface area contributed by atoms with Crippen LogP contribution < -0.4 is 5.32 Å². The van der Waals surface area contributed by atoms with Gasteiger partial charge >= 0.3 is 0 Å². The third-order valence-corrected chi connectivity index (χ3v) is 3.34. The van der Waals surface area contributed by atoms with Gasteiger partial charge in [0.1, 0.15) is 17.2 Å². The first-order chi connectivity index (χ1) is 9.13. The Bertz CT molecular complexity index is 596. The van der Waals surface area contributed by atoms with Crippen LogP contribution in [0.15, 0.2) is 47.4 Å². The zero-order valence-corrected chi connectivity index (χ0v) is 10.9. The van der Waals surface area contributed by atoms with Gasteiger partial charge in [0.15, 0.2) is 0 Å². The molecule has 0 fully saturated rings. The summed E-state index contributed by atoms with van der Waals surface area (Å²) in [7, 11) is 0. The summed E-state index contributed by atoms with van der Waals surface area (Å²) in [6.07, 6.45) is 1.86. The normalized spacial score (nSPS) is 10.3. The van der Waals surface area contributed by atoms with Crippen LogP contribution in [0.3, 0.4) is 0 Å². The Hall–Kier alpha value is -1.88. The number of carbonyl (C=O) groups excluding carboxylic acids is 1. The van der Waals surface area contributed by atoms with E-state index in [2.05, 4.69) is 5.32 Å². The number of benzene rings is 2. The molecule has 2 aromatic carbocycles. The van der Waals surface area contributed by atoms with Gasteiger partial charge < -0.3 is 5.32 Å². The molecule has 2 aromatic rings. The third kappa shape index (κ3) is 2.93. The second-order valence-electron chi connectivity index (χ2n) is 3.75. The van der Waals surface area contributed by atoms with E-state index in [9.17, 15) is 13.6 Å². The number of amides is 1. The molecule has 5 heteroatoms. The molecule has 0 saturated heterocycles. The summed E-state index contributed by atoms with van der Waals surface area (Å²) in [4.78, 5) is 12.8. The number of nitrogens with one attached hydrogen (secondary N) is 1. The molecular formula is C14H11F2NOS. The molecule has 0 heterocycles. The predicted octanol–water partition coefficient (Wildman–Crippen LogP) is 3.94. The highest BCUT2D eigenvalue weighted by Gasteiger charge is 2.17. The van der Waals surface area contributed by atoms with Crippen LogP contribution >= 0.6 is 11.8 Å². The van der Waals surface area contributed by atoms with E-state index in [0.29, 0.717) is 5.69 Å². The molecule has 1 N–H and O–H groups in total. The average molecular weight is 279 g/mol. The van der Waals surface area contributed by atoms with Crippen molar-refractivity contribution in [2.24, 2.45) is 0 Å². The summed E-state index contributed by atoms with van der Waals surface area (Å²) < 4.78 is 27.0. The van der Waals surface area contributed by atoms with E-state index in [1.165, 1.54) is 17.8 Å². The maximum Gasteiger partial charge on any atom is 0.261 e. The number of para-hydroxylation sites is 1. The van der Waals surface area contributed by atoms with Gasteiger partial charge in [0.05, 0.1) is 5.69 Å². The summed E-state index contributed by atoms with van der Waals surface area (Å²) in [5.41, 5.74) is -0.0407. The van der Waals surface area contributed by atoms with E-state index < -0.39 is 23.1 Å². The summed E-state index contributed by atoms with van der Waals surface area (Å²) in [6.45, 7) is 0. The standard InChI is InChI=1S/C14H11F2NOS/c1-19-12-8-3-2-7-11(12)17-14(18)13-9(15)5-4-6-10(13)16/h2-8H,1H3,(H,17,18). The molecule has 0 bridgehead atoms. The molecule has 0 aliphatic carbocycles. The van der Waals surface area contributed by atoms with E-state index in [-0.39, 0.29) is 0 Å². The summed E-state index contributed by atoms with van der Waals surface area (Å²) in [5, 5.41) is 2.52. The molecule has 1 amide bonds. The number of rotatable bonds is 3. The third-order valence-electron chi connectivity index (χ3n) is 2.54. The first-order valence-electron chi connectivity index (χ1n) is 5.52. The van der Waals surface area contributed by atoms with Gasteiger partial charge in [-0.15, -0.1) is 11.8 Å². The zero-order chi connectivity index (χ0) is 13.8. The minimum atomic E-state index is -0.876. The fraction of sp³-hybridized carbons (Fsp3) is 0.0714. The van der Waals surface area contributed by atoms with Crippen molar-refractivity contribution in [3.05, 3.63) is 59.7 Å². The second-order valence-corrected chi connectivity index (χ2v) is 4.60. The topological polar surface area (TPSA) is 29.1 Å². The summed E-state index contributed by atoms with van der Waals surface area (Å²) >= 11 is 1.44. The van der Waals surface area contributed by atoms with E-state index in [0.717, 1.165) is 17.0 Å². The van der Waals surface area contributed by atoms with Crippen molar-refractivity contribution in [1.82, 2.24) is 0 Å². The molecule has 0 spiro atoms. The van der Waals surface area contributed by atoms with Crippen molar-refractivity contribution in [3.63, 3.8) is 0 Å². The SMILES string of the molecule is CSc1ccccc1NC(=O)c1c(F)cccc1F. The van der Waals surface area contributed by atoms with Crippen molar-refractivity contribution >= 4 is 23.4 Å². The smallest absolute Gasteiger partial charge is 0.261 e. The van der Waals surface area contributed by atoms with Gasteiger partial charge in [0.25, 0.3) is 5.91 Å². The Labute approximate surface area is 113 Å². The monoisotopic (exact) mass is 279 g/mol. The molecule has 0 aliphatic heterocycles. The van der Waals surface area contributed by atoms with Crippen molar-refractivity contribution in [1.29, 1.82) is 0 Å². The number of carbonyl (C=O) groups is 1. The zero-order valence-electron chi connectivity index (χ0n) is 10.1. The second kappa shape index (κ2) is 5.84. The van der Waals surface area contributed by atoms with Crippen LogP contribution in [0.2, 0.25) is 0 Å². The lowest BCUT2D eigenvalue weighted by atomic mass is 10.2. The van der Waals surface area contributed by atoms with Crippen LogP contribution in [0.5, 0.6) is 0 Å². The van der Waals surface area contributed by atoms with E-state index in [4.69, 9.17) is 0 Å². The molecule has 0 aliphatic rings. The largest absolute Gasteiger partial charge is 0.321 e. The first-order valence-corrected chi connectivity index (χ1v) is 6.74. The van der Waals surface area contributed by atoms with Crippen LogP contribution in [0.25, 0.3) is 0 Å². The minimum absolute atomic E-state index is 0.530. The summed E-state index contributed by atoms with van der Waals surface area (Å²) in [6, 6.07) is 10.4. The molecule has 0 radical (unpaired) electrons. The van der Waals surface area contributed by atoms with Crippen LogP contribution in [-0.4, -0.2) is 12.2 Å². The maximum atomic E-state index is 13.5. The lowest BCUT2D eigenvalue weighted by Gasteiger charge is -2.10. The minimum Gasteiger partial charge on any atom is -0.321 e. The Kier molecular flexibility index (Phi) is 4.16. The first kappa shape index (κ1) is 13.5. The van der Waals surface area contributed by atoms with Gasteiger partial charge in [-0.05, 0) is 30.5 Å². The van der Waals surface area contributed by atoms with E-state index in [1.54, 1.807) is 12.1 Å². The molecular weight excluding hydrogens is 268 g/mol. The fourth-order valence-electron chi connectivity index (χ4n) is 1.65. The molecule has 0 atom stereocenters. The number of halogens is 2. The van der Waals surface area contributed by atoms with Crippen LogP contribution in [-0.2, 0) is 0 Å². The highest BCUT2D eigenvalue weighted by Crippen LogP contribution is 2.25. The van der Waals surface area contributed by atoms with E-state index in [1.807, 2.05) is 18.4 Å². The number of hydrogen-bond acceptors (Lipinski definition) is 2. The van der Waals surface area contributed by atoms with Crippen molar-refractivity contribution < 1.29 is 13.6 Å². The van der Waals surface area contributed by atoms with Crippen molar-refractivity contribution in [2.75, 3.05) is 11.6 Å². The number of hydrogen-bond donors (Lipinski definition) is 1. The molecule has 0 unspecified atom stereocenters. The molecule has 19 heavy (non-hydrogen) atoms. The summed E-state index contributed by atoms with van der Waals surface area (Å²) in [5.74, 6) is -2.55. The number of anilines is 1. The van der Waals surface area contributed by atoms with Gasteiger partial charge in [0.2, 0.25) is 0 Å². The van der Waals surface area contributed by atoms with Gasteiger partial charge in [-0.1, -0.05) is 18.2 Å². The Balaban J connectivity index is 2.31. The van der Waals surface area contributed by atoms with Crippen LogP contribution in [0.4, 0.5) is 14.5 Å². The Morgan fingerprint density at radius 2 is 1.68 bits per heavy atom. The Morgan fingerprint density at radius 1 is 1.05 bits per heavy atom.